The van der Waals surface area contributed by atoms with Crippen molar-refractivity contribution in [3.63, 3.8) is 0 Å². The fraction of sp³-hybridized carbons (Fsp3) is 0.500. The van der Waals surface area contributed by atoms with E-state index in [1.165, 1.54) is 0 Å². The molecule has 4 nitrogen and oxygen atoms in total. The van der Waals surface area contributed by atoms with Gasteiger partial charge in [-0.3, -0.25) is 0 Å². The van der Waals surface area contributed by atoms with E-state index in [0.29, 0.717) is 12.6 Å². The number of aliphatic hydroxyl groups excluding tert-OH is 1. The molecule has 1 aromatic rings. The molecule has 1 rings (SSSR count). The minimum Gasteiger partial charge on any atom is -0.464 e. The maximum Gasteiger partial charge on any atom is 0.316 e. The minimum absolute atomic E-state index is 0.0295. The van der Waals surface area contributed by atoms with Crippen molar-refractivity contribution in [2.24, 2.45) is 0 Å². The van der Waals surface area contributed by atoms with Crippen molar-refractivity contribution in [3.8, 4) is 6.01 Å². The van der Waals surface area contributed by atoms with Gasteiger partial charge in [0.25, 0.3) is 0 Å². The fourth-order valence-electron chi connectivity index (χ4n) is 0.825. The van der Waals surface area contributed by atoms with Crippen LogP contribution in [-0.4, -0.2) is 21.7 Å². The van der Waals surface area contributed by atoms with Gasteiger partial charge in [-0.05, 0) is 13.8 Å². The van der Waals surface area contributed by atoms with Crippen LogP contribution in [0.4, 0.5) is 0 Å². The van der Waals surface area contributed by atoms with Crippen molar-refractivity contribution in [2.45, 2.75) is 20.5 Å². The normalized spacial score (nSPS) is 9.92. The standard InChI is InChI=1S/C8H12N2O2/c1-3-12-8-9-4-7(5-11)6(2)10-8/h4,11H,3,5H2,1-2H3. The van der Waals surface area contributed by atoms with Gasteiger partial charge in [0, 0.05) is 11.8 Å². The van der Waals surface area contributed by atoms with E-state index in [1.54, 1.807) is 6.20 Å². The van der Waals surface area contributed by atoms with Crippen LogP contribution in [-0.2, 0) is 6.61 Å². The Labute approximate surface area is 71.2 Å². The Kier molecular flexibility index (Phi) is 2.99. The Bertz CT molecular complexity index is 263. The lowest BCUT2D eigenvalue weighted by Crippen LogP contribution is -2.01. The molecule has 0 fully saturated rings. The Morgan fingerprint density at radius 3 is 2.83 bits per heavy atom. The molecule has 0 aliphatic carbocycles. The van der Waals surface area contributed by atoms with E-state index in [1.807, 2.05) is 13.8 Å². The number of aliphatic hydroxyl groups is 1. The van der Waals surface area contributed by atoms with Gasteiger partial charge in [-0.1, -0.05) is 0 Å². The van der Waals surface area contributed by atoms with Gasteiger partial charge in [0.1, 0.15) is 0 Å². The molecule has 1 aromatic heterocycles. The maximum absolute atomic E-state index is 8.82. The van der Waals surface area contributed by atoms with Crippen molar-refractivity contribution in [1.29, 1.82) is 0 Å². The van der Waals surface area contributed by atoms with E-state index in [9.17, 15) is 0 Å². The van der Waals surface area contributed by atoms with E-state index in [-0.39, 0.29) is 6.61 Å². The number of ether oxygens (including phenoxy) is 1. The van der Waals surface area contributed by atoms with Crippen molar-refractivity contribution >= 4 is 0 Å². The van der Waals surface area contributed by atoms with Gasteiger partial charge in [-0.15, -0.1) is 0 Å². The summed E-state index contributed by atoms with van der Waals surface area (Å²) in [6, 6.07) is 0.368. The number of rotatable bonds is 3. The topological polar surface area (TPSA) is 55.2 Å². The van der Waals surface area contributed by atoms with Crippen molar-refractivity contribution in [2.75, 3.05) is 6.61 Å². The molecule has 0 bridgehead atoms. The third kappa shape index (κ3) is 1.92. The summed E-state index contributed by atoms with van der Waals surface area (Å²) in [7, 11) is 0. The highest BCUT2D eigenvalue weighted by molar-refractivity contribution is 5.16. The summed E-state index contributed by atoms with van der Waals surface area (Å²) in [6.45, 7) is 4.21. The maximum atomic E-state index is 8.82. The molecular formula is C8H12N2O2. The smallest absolute Gasteiger partial charge is 0.316 e. The molecule has 0 saturated heterocycles. The van der Waals surface area contributed by atoms with Gasteiger partial charge < -0.3 is 9.84 Å². The Balaban J connectivity index is 2.86. The second-order valence-corrected chi connectivity index (χ2v) is 2.35. The summed E-state index contributed by atoms with van der Waals surface area (Å²) in [6.07, 6.45) is 1.58. The summed E-state index contributed by atoms with van der Waals surface area (Å²) in [5.74, 6) is 0. The lowest BCUT2D eigenvalue weighted by Gasteiger charge is -2.03. The highest BCUT2D eigenvalue weighted by atomic mass is 16.5. The molecule has 0 aromatic carbocycles. The summed E-state index contributed by atoms with van der Waals surface area (Å²) in [4.78, 5) is 7.95. The second kappa shape index (κ2) is 4.01. The molecule has 0 aliphatic rings. The molecule has 66 valence electrons. The molecular weight excluding hydrogens is 156 g/mol. The number of hydrogen-bond donors (Lipinski definition) is 1. The molecule has 0 atom stereocenters. The Hall–Kier alpha value is -1.16. The monoisotopic (exact) mass is 168 g/mol. The molecule has 0 spiro atoms. The van der Waals surface area contributed by atoms with Crippen LogP contribution in [0.25, 0.3) is 0 Å². The Morgan fingerprint density at radius 1 is 1.58 bits per heavy atom. The highest BCUT2D eigenvalue weighted by Crippen LogP contribution is 2.07. The zero-order valence-electron chi connectivity index (χ0n) is 7.24. The van der Waals surface area contributed by atoms with E-state index in [4.69, 9.17) is 9.84 Å². The molecule has 1 heterocycles. The summed E-state index contributed by atoms with van der Waals surface area (Å²) in [5, 5.41) is 8.82. The largest absolute Gasteiger partial charge is 0.464 e. The van der Waals surface area contributed by atoms with E-state index in [0.717, 1.165) is 11.3 Å². The quantitative estimate of drug-likeness (QED) is 0.721. The van der Waals surface area contributed by atoms with Crippen LogP contribution >= 0.6 is 0 Å². The molecule has 0 saturated carbocycles. The fourth-order valence-corrected chi connectivity index (χ4v) is 0.825. The second-order valence-electron chi connectivity index (χ2n) is 2.35. The molecule has 0 amide bonds. The van der Waals surface area contributed by atoms with Crippen LogP contribution < -0.4 is 4.74 Å². The molecule has 0 aliphatic heterocycles. The third-order valence-corrected chi connectivity index (χ3v) is 1.50. The van der Waals surface area contributed by atoms with Crippen LogP contribution in [0, 0.1) is 6.92 Å². The lowest BCUT2D eigenvalue weighted by atomic mass is 10.3. The first-order valence-electron chi connectivity index (χ1n) is 3.84. The summed E-state index contributed by atoms with van der Waals surface area (Å²) in [5.41, 5.74) is 1.49. The van der Waals surface area contributed by atoms with Gasteiger partial charge in [0.15, 0.2) is 0 Å². The van der Waals surface area contributed by atoms with E-state index in [2.05, 4.69) is 9.97 Å². The zero-order valence-corrected chi connectivity index (χ0v) is 7.24. The summed E-state index contributed by atoms with van der Waals surface area (Å²) < 4.78 is 5.08. The SMILES string of the molecule is CCOc1ncc(CO)c(C)n1. The van der Waals surface area contributed by atoms with Crippen LogP contribution in [0.2, 0.25) is 0 Å². The first-order valence-corrected chi connectivity index (χ1v) is 3.84. The summed E-state index contributed by atoms with van der Waals surface area (Å²) >= 11 is 0. The average molecular weight is 168 g/mol. The number of nitrogens with zero attached hydrogens (tertiary/aromatic N) is 2. The molecule has 0 radical (unpaired) electrons. The van der Waals surface area contributed by atoms with Crippen LogP contribution in [0.15, 0.2) is 6.20 Å². The predicted molar refractivity (Wildman–Crippen MR) is 43.9 cm³/mol. The lowest BCUT2D eigenvalue weighted by molar-refractivity contribution is 0.276. The first-order chi connectivity index (χ1) is 5.77. The number of aromatic nitrogens is 2. The van der Waals surface area contributed by atoms with Crippen LogP contribution in [0.3, 0.4) is 0 Å². The van der Waals surface area contributed by atoms with Crippen LogP contribution in [0.1, 0.15) is 18.2 Å². The van der Waals surface area contributed by atoms with Gasteiger partial charge in [-0.2, -0.15) is 0 Å². The number of aryl methyl sites for hydroxylation is 1. The predicted octanol–water partition coefficient (Wildman–Crippen LogP) is 0.676. The van der Waals surface area contributed by atoms with Gasteiger partial charge in [0.05, 0.1) is 18.9 Å². The first kappa shape index (κ1) is 8.93. The average Bonchev–Trinajstić information content (AvgIpc) is 2.05. The van der Waals surface area contributed by atoms with Crippen molar-refractivity contribution in [3.05, 3.63) is 17.5 Å². The van der Waals surface area contributed by atoms with Crippen molar-refractivity contribution < 1.29 is 9.84 Å². The highest BCUT2D eigenvalue weighted by Gasteiger charge is 2.01. The Morgan fingerprint density at radius 2 is 2.33 bits per heavy atom. The molecule has 4 heteroatoms. The molecule has 12 heavy (non-hydrogen) atoms. The van der Waals surface area contributed by atoms with Crippen LogP contribution in [0.5, 0.6) is 6.01 Å². The molecule has 0 unspecified atom stereocenters. The number of hydrogen-bond acceptors (Lipinski definition) is 4. The molecule has 1 N–H and O–H groups in total. The van der Waals surface area contributed by atoms with E-state index >= 15 is 0 Å². The van der Waals surface area contributed by atoms with Crippen molar-refractivity contribution in [1.82, 2.24) is 9.97 Å². The third-order valence-electron chi connectivity index (χ3n) is 1.50. The zero-order chi connectivity index (χ0) is 8.97. The minimum atomic E-state index is -0.0295. The van der Waals surface area contributed by atoms with Gasteiger partial charge in [0.2, 0.25) is 0 Å². The van der Waals surface area contributed by atoms with Gasteiger partial charge in [-0.25, -0.2) is 9.97 Å². The van der Waals surface area contributed by atoms with E-state index < -0.39 is 0 Å². The van der Waals surface area contributed by atoms with Gasteiger partial charge >= 0.3 is 6.01 Å².